The summed E-state index contributed by atoms with van der Waals surface area (Å²) in [6.45, 7) is 14.7. The minimum absolute atomic E-state index is 0.000495. The summed E-state index contributed by atoms with van der Waals surface area (Å²) in [5.41, 5.74) is 7.21. The van der Waals surface area contributed by atoms with Crippen LogP contribution in [-0.2, 0) is 19.0 Å². The molecule has 147 heavy (non-hydrogen) atoms. The molecule has 0 radical (unpaired) electrons. The zero-order chi connectivity index (χ0) is 101. The lowest BCUT2D eigenvalue weighted by atomic mass is 9.85. The van der Waals surface area contributed by atoms with Crippen molar-refractivity contribution < 1.29 is 74.1 Å². The summed E-state index contributed by atoms with van der Waals surface area (Å²) >= 11 is 0. The Morgan fingerprint density at radius 2 is 0.714 bits per heavy atom. The third kappa shape index (κ3) is 23.2. The van der Waals surface area contributed by atoms with Crippen LogP contribution in [0.25, 0.3) is 91.4 Å². The number of pyridine rings is 1. The number of hydrogen-bond acceptors (Lipinski definition) is 36. The molecule has 16 aromatic heterocycles. The zero-order valence-corrected chi connectivity index (χ0v) is 79.5. The van der Waals surface area contributed by atoms with E-state index in [4.69, 9.17) is 57.1 Å². The molecule has 4 amide bonds. The number of carboxylic acid groups (broad SMARTS) is 1. The molecule has 9 N–H and O–H groups in total. The highest BCUT2D eigenvalue weighted by Gasteiger charge is 2.41. The van der Waals surface area contributed by atoms with E-state index < -0.39 is 41.3 Å². The van der Waals surface area contributed by atoms with Crippen LogP contribution < -0.4 is 21.3 Å². The first-order valence-corrected chi connectivity index (χ1v) is 48.2. The van der Waals surface area contributed by atoms with Gasteiger partial charge in [-0.2, -0.15) is 49.6 Å². The van der Waals surface area contributed by atoms with Gasteiger partial charge in [0.05, 0.1) is 147 Å². The van der Waals surface area contributed by atoms with E-state index in [1.807, 2.05) is 32.6 Å². The first-order chi connectivity index (χ1) is 72.0. The van der Waals surface area contributed by atoms with Gasteiger partial charge in [0.2, 0.25) is 35.5 Å². The maximum absolute atomic E-state index is 14.8. The average Bonchev–Trinajstić information content (AvgIpc) is 1.65. The molecule has 16 aromatic rings. The van der Waals surface area contributed by atoms with Gasteiger partial charge in [-0.15, -0.1) is 0 Å². The van der Waals surface area contributed by atoms with Gasteiger partial charge in [0.15, 0.2) is 28.6 Å². The molecule has 0 unspecified atom stereocenters. The number of anilines is 4. The minimum Gasteiger partial charge on any atom is -0.483 e. The average molecular weight is 2010 g/mol. The molecule has 0 spiro atoms. The Bertz CT molecular complexity index is 6820. The van der Waals surface area contributed by atoms with Crippen molar-refractivity contribution in [3.63, 3.8) is 0 Å². The first kappa shape index (κ1) is 98.1. The van der Waals surface area contributed by atoms with Gasteiger partial charge in [0, 0.05) is 170 Å². The number of aromatic amines is 4. The van der Waals surface area contributed by atoms with E-state index >= 15 is 0 Å². The van der Waals surface area contributed by atoms with Gasteiger partial charge in [-0.1, -0.05) is 0 Å². The molecule has 4 aliphatic heterocycles. The van der Waals surface area contributed by atoms with Gasteiger partial charge in [-0.05, 0) is 96.2 Å². The van der Waals surface area contributed by atoms with Crippen molar-refractivity contribution in [2.45, 2.75) is 125 Å². The lowest BCUT2D eigenvalue weighted by Crippen LogP contribution is -2.50. The summed E-state index contributed by atoms with van der Waals surface area (Å²) in [5.74, 6) is -3.36. The van der Waals surface area contributed by atoms with E-state index in [2.05, 4.69) is 154 Å². The molecule has 8 fully saturated rings. The molecule has 0 aromatic carbocycles. The quantitative estimate of drug-likeness (QED) is 0.0200. The molecule has 0 atom stereocenters. The molecule has 4 aliphatic carbocycles. The normalized spacial score (nSPS) is 20.4. The summed E-state index contributed by atoms with van der Waals surface area (Å²) in [5, 5.41) is 62.7. The Morgan fingerprint density at radius 1 is 0.381 bits per heavy atom. The van der Waals surface area contributed by atoms with Crippen molar-refractivity contribution in [2.24, 2.45) is 0 Å². The van der Waals surface area contributed by atoms with Crippen LogP contribution in [0.1, 0.15) is 143 Å². The maximum atomic E-state index is 14.8. The van der Waals surface area contributed by atoms with Crippen molar-refractivity contribution in [3.05, 3.63) is 202 Å². The molecule has 4 saturated carbocycles. The number of piperazine rings is 1. The number of hydrogen-bond donors (Lipinski definition) is 9. The van der Waals surface area contributed by atoms with Gasteiger partial charge in [0.25, 0.3) is 30.1 Å². The number of rotatable bonds is 24. The number of aromatic nitrogens is 27. The SMILES string of the molecule is CN1CCN(C2CCC(n3cc(NC(=O)c4coc(-c5cn[nH]c5)n4)c(-c4nc(F)ccc4F)n3)CC2)CC1.O=C(Nc1cn(C2CC(N3CCOCC3)C2)nc1-c1cnccn1)c1coc(-c2cn[nH]c2)n1.O=C(Nc1cn(C2CC(N3CCOCC3)C2)nc1-c1cnccn1)c1coc(-c2cn[nH]c2)n1.O=C(Nc1cn(C2CCC(N3CCOCC3)CC2)nc1-c1cnccn1)c1coc(-c2cn[nH]c2F)n1.O=CO. The minimum atomic E-state index is -0.841. The van der Waals surface area contributed by atoms with Gasteiger partial charge < -0.3 is 63.2 Å². The van der Waals surface area contributed by atoms with Crippen molar-refractivity contribution in [1.29, 1.82) is 0 Å². The second-order valence-electron chi connectivity index (χ2n) is 36.1. The lowest BCUT2D eigenvalue weighted by molar-refractivity contribution is -0.122. The molecule has 49 nitrogen and oxygen atoms in total. The molecule has 762 valence electrons. The maximum Gasteiger partial charge on any atom is 0.290 e. The second kappa shape index (κ2) is 45.8. The van der Waals surface area contributed by atoms with Crippen LogP contribution in [0.5, 0.6) is 0 Å². The second-order valence-corrected chi connectivity index (χ2v) is 36.1. The topological polar surface area (TPSA) is 578 Å². The lowest BCUT2D eigenvalue weighted by Gasteiger charge is -2.44. The molecule has 4 saturated heterocycles. The van der Waals surface area contributed by atoms with E-state index in [-0.39, 0.29) is 87.8 Å². The Hall–Kier alpha value is -16.3. The number of carbonyl (C=O) groups excluding carboxylic acids is 4. The smallest absolute Gasteiger partial charge is 0.290 e. The van der Waals surface area contributed by atoms with Crippen LogP contribution >= 0.6 is 0 Å². The number of halogens is 3. The third-order valence-electron chi connectivity index (χ3n) is 27.1. The van der Waals surface area contributed by atoms with Crippen molar-refractivity contribution in [2.75, 3.05) is 133 Å². The van der Waals surface area contributed by atoms with Crippen LogP contribution in [0.15, 0.2) is 179 Å². The number of oxazole rings is 4. The summed E-state index contributed by atoms with van der Waals surface area (Å²) in [4.78, 5) is 119. The largest absolute Gasteiger partial charge is 0.483 e. The van der Waals surface area contributed by atoms with Crippen LogP contribution in [0.2, 0.25) is 0 Å². The molecular weight excluding hydrogens is 1910 g/mol. The molecule has 24 rings (SSSR count). The van der Waals surface area contributed by atoms with E-state index in [1.165, 1.54) is 37.4 Å². The standard InChI is InChI=1S/C26H29F2N9O2.C24H26FN9O3.2C22H23N9O3.CH2O2/c1-35-8-10-36(11-9-35)17-2-4-18(5-3-17)37-14-20(24(34-37)23-19(27)6-7-22(28)33-23)31-25(38)21-15-39-26(32-21)16-12-29-30-13-16;25-22-17(11-28-31-22)24-30-20(14-37-24)23(35)29-19-13-34(32-21(19)18-12-26-5-6-27-18)16-3-1-15(2-4-16)33-7-9-36-10-8-33;2*32-21(19-13-34-22(28-19)14-9-25-26-10-14)27-18-12-31(29-20(18)17-11-23-1-2-24-17)16-7-15(8-16)30-3-5-33-6-4-30;2-1-3/h6-7,12-15,17-18H,2-5,8-11H2,1H3,(H,29,30)(H,31,38);5-6,11-16H,1-4,7-10H2,(H,28,31)(H,29,35);2*1-2,9-13,15-16H,3-8H2,(H,25,26)(H,27,32);1H,(H,2,3). The van der Waals surface area contributed by atoms with E-state index in [1.54, 1.807) is 97.6 Å². The molecule has 8 aliphatic rings. The Balaban J connectivity index is 0.000000118. The predicted molar refractivity (Wildman–Crippen MR) is 515 cm³/mol. The van der Waals surface area contributed by atoms with Gasteiger partial charge in [0.1, 0.15) is 76.2 Å². The van der Waals surface area contributed by atoms with Crippen LogP contribution in [0.3, 0.4) is 0 Å². The summed E-state index contributed by atoms with van der Waals surface area (Å²) in [7, 11) is 2.15. The molecule has 20 heterocycles. The first-order valence-electron chi connectivity index (χ1n) is 48.2. The number of likely N-dealkylation sites (N-methyl/N-ethyl adjacent to an activating group) is 1. The predicted octanol–water partition coefficient (Wildman–Crippen LogP) is 10.2. The highest BCUT2D eigenvalue weighted by molar-refractivity contribution is 6.07. The fraction of sp³-hybridized carbons (Fsp3) is 0.389. The van der Waals surface area contributed by atoms with Gasteiger partial charge in [-0.25, -0.2) is 29.3 Å². The number of nitrogens with one attached hydrogen (secondary N) is 8. The van der Waals surface area contributed by atoms with Gasteiger partial charge >= 0.3 is 0 Å². The van der Waals surface area contributed by atoms with E-state index in [0.29, 0.717) is 104 Å². The fourth-order valence-electron chi connectivity index (χ4n) is 19.1. The molecule has 52 heteroatoms. The van der Waals surface area contributed by atoms with E-state index in [9.17, 15) is 32.3 Å². The third-order valence-corrected chi connectivity index (χ3v) is 27.1. The molecular formula is C95H103F3N36O13. The number of H-pyrrole nitrogens is 4. The van der Waals surface area contributed by atoms with E-state index in [0.717, 1.165) is 194 Å². The Labute approximate surface area is 834 Å². The van der Waals surface area contributed by atoms with Crippen molar-refractivity contribution in [1.82, 2.24) is 159 Å². The van der Waals surface area contributed by atoms with Crippen LogP contribution in [0, 0.1) is 17.7 Å². The zero-order valence-electron chi connectivity index (χ0n) is 79.5. The Morgan fingerprint density at radius 3 is 1.06 bits per heavy atom. The van der Waals surface area contributed by atoms with Crippen LogP contribution in [-0.4, -0.2) is 331 Å². The monoisotopic (exact) mass is 2010 g/mol. The number of morpholine rings is 3. The Kier molecular flexibility index (Phi) is 30.6. The van der Waals surface area contributed by atoms with Crippen molar-refractivity contribution in [3.8, 4) is 91.4 Å². The molecule has 0 bridgehead atoms. The summed E-state index contributed by atoms with van der Waals surface area (Å²) in [6, 6.07) is 4.90. The highest BCUT2D eigenvalue weighted by atomic mass is 19.1. The highest BCUT2D eigenvalue weighted by Crippen LogP contribution is 2.43. The van der Waals surface area contributed by atoms with Gasteiger partial charge in [-0.3, -0.25) is 113 Å². The van der Waals surface area contributed by atoms with Crippen LogP contribution in [0.4, 0.5) is 35.9 Å². The number of carbonyl (C=O) groups is 5. The summed E-state index contributed by atoms with van der Waals surface area (Å²) < 4.78 is 88.1. The number of ether oxygens (including phenoxy) is 3. The summed E-state index contributed by atoms with van der Waals surface area (Å²) in [6.07, 6.45) is 49.5. The fourth-order valence-corrected chi connectivity index (χ4v) is 19.1. The number of nitrogens with zero attached hydrogens (tertiary/aromatic N) is 28. The van der Waals surface area contributed by atoms with Crippen molar-refractivity contribution >= 4 is 52.9 Å². The number of amides is 4.